The Morgan fingerprint density at radius 1 is 1.32 bits per heavy atom. The molecule has 1 aromatic heterocycles. The molecule has 1 aromatic carbocycles. The van der Waals surface area contributed by atoms with Crippen molar-refractivity contribution in [3.05, 3.63) is 44.1 Å². The molecule has 102 valence electrons. The van der Waals surface area contributed by atoms with Crippen LogP contribution in [0.15, 0.2) is 22.7 Å². The molecule has 0 fully saturated rings. The van der Waals surface area contributed by atoms with E-state index in [1.54, 1.807) is 18.2 Å². The first-order valence-electron chi connectivity index (χ1n) is 5.83. The quantitative estimate of drug-likeness (QED) is 0.775. The van der Waals surface area contributed by atoms with E-state index in [0.29, 0.717) is 22.4 Å². The molecule has 19 heavy (non-hydrogen) atoms. The number of hydrogen-bond acceptors (Lipinski definition) is 2. The van der Waals surface area contributed by atoms with Crippen molar-refractivity contribution in [2.75, 3.05) is 0 Å². The number of aryl methyl sites for hydroxylation is 2. The fourth-order valence-electron chi connectivity index (χ4n) is 1.77. The van der Waals surface area contributed by atoms with Gasteiger partial charge in [-0.1, -0.05) is 29.3 Å². The number of halogens is 3. The van der Waals surface area contributed by atoms with Crippen LogP contribution in [0.5, 0.6) is 5.75 Å². The largest absolute Gasteiger partial charge is 0.484 e. The zero-order valence-electron chi connectivity index (χ0n) is 10.6. The lowest BCUT2D eigenvalue weighted by Crippen LogP contribution is -2.07. The average Bonchev–Trinajstić information content (AvgIpc) is 2.65. The fraction of sp³-hybridized carbons (Fsp3) is 0.308. The zero-order valence-corrected chi connectivity index (χ0v) is 13.7. The molecule has 0 aliphatic rings. The Kier molecular flexibility index (Phi) is 4.76. The van der Waals surface area contributed by atoms with E-state index in [4.69, 9.17) is 27.9 Å². The third-order valence-corrected chi connectivity index (χ3v) is 4.35. The highest BCUT2D eigenvalue weighted by Crippen LogP contribution is 2.33. The van der Waals surface area contributed by atoms with Crippen LogP contribution < -0.4 is 4.74 Å². The lowest BCUT2D eigenvalue weighted by Gasteiger charge is -2.11. The highest BCUT2D eigenvalue weighted by atomic mass is 79.9. The maximum Gasteiger partial charge on any atom is 0.157 e. The molecule has 2 rings (SSSR count). The van der Waals surface area contributed by atoms with Crippen LogP contribution in [-0.4, -0.2) is 9.78 Å². The predicted octanol–water partition coefficient (Wildman–Crippen LogP) is 4.86. The maximum absolute atomic E-state index is 6.07. The summed E-state index contributed by atoms with van der Waals surface area (Å²) in [7, 11) is 0. The molecule has 0 saturated heterocycles. The predicted molar refractivity (Wildman–Crippen MR) is 81.1 cm³/mol. The Labute approximate surface area is 130 Å². The number of nitrogens with zero attached hydrogens (tertiary/aromatic N) is 2. The Hall–Kier alpha value is -0.710. The van der Waals surface area contributed by atoms with Crippen LogP contribution in [0.3, 0.4) is 0 Å². The van der Waals surface area contributed by atoms with Crippen molar-refractivity contribution < 1.29 is 4.74 Å². The number of rotatable bonds is 4. The molecule has 0 amide bonds. The SMILES string of the molecule is CCn1nc(C)c(Br)c1COc1c(Cl)cccc1Cl. The van der Waals surface area contributed by atoms with Gasteiger partial charge in [0, 0.05) is 6.54 Å². The Balaban J connectivity index is 2.24. The lowest BCUT2D eigenvalue weighted by atomic mass is 10.3. The smallest absolute Gasteiger partial charge is 0.157 e. The van der Waals surface area contributed by atoms with Crippen molar-refractivity contribution in [1.29, 1.82) is 0 Å². The third kappa shape index (κ3) is 3.07. The van der Waals surface area contributed by atoms with Gasteiger partial charge in [0.1, 0.15) is 6.61 Å². The fourth-order valence-corrected chi connectivity index (χ4v) is 2.67. The second-order valence-corrected chi connectivity index (χ2v) is 5.61. The summed E-state index contributed by atoms with van der Waals surface area (Å²) in [6, 6.07) is 5.29. The van der Waals surface area contributed by atoms with Gasteiger partial charge in [-0.2, -0.15) is 5.10 Å². The summed E-state index contributed by atoms with van der Waals surface area (Å²) in [4.78, 5) is 0. The number of aromatic nitrogens is 2. The van der Waals surface area contributed by atoms with Crippen LogP contribution in [-0.2, 0) is 13.2 Å². The number of benzene rings is 1. The van der Waals surface area contributed by atoms with E-state index in [1.807, 2.05) is 18.5 Å². The minimum atomic E-state index is 0.360. The maximum atomic E-state index is 6.07. The molecule has 0 N–H and O–H groups in total. The van der Waals surface area contributed by atoms with Gasteiger partial charge in [0.15, 0.2) is 5.75 Å². The molecule has 2 aromatic rings. The van der Waals surface area contributed by atoms with E-state index < -0.39 is 0 Å². The van der Waals surface area contributed by atoms with E-state index in [2.05, 4.69) is 21.0 Å². The standard InChI is InChI=1S/C13H13BrCl2N2O/c1-3-18-11(12(14)8(2)17-18)7-19-13-9(15)5-4-6-10(13)16/h4-6H,3,7H2,1-2H3. The first-order valence-corrected chi connectivity index (χ1v) is 7.38. The van der Waals surface area contributed by atoms with Crippen LogP contribution in [0.4, 0.5) is 0 Å². The summed E-state index contributed by atoms with van der Waals surface area (Å²) < 4.78 is 8.58. The third-order valence-electron chi connectivity index (χ3n) is 2.72. The van der Waals surface area contributed by atoms with Gasteiger partial charge in [-0.25, -0.2) is 0 Å². The normalized spacial score (nSPS) is 10.8. The molecule has 0 bridgehead atoms. The highest BCUT2D eigenvalue weighted by molar-refractivity contribution is 9.10. The Morgan fingerprint density at radius 3 is 2.53 bits per heavy atom. The number of para-hydroxylation sites is 1. The van der Waals surface area contributed by atoms with E-state index >= 15 is 0 Å². The van der Waals surface area contributed by atoms with Crippen molar-refractivity contribution >= 4 is 39.1 Å². The van der Waals surface area contributed by atoms with Crippen molar-refractivity contribution in [3.8, 4) is 5.75 Å². The van der Waals surface area contributed by atoms with Gasteiger partial charge >= 0.3 is 0 Å². The van der Waals surface area contributed by atoms with E-state index in [9.17, 15) is 0 Å². The van der Waals surface area contributed by atoms with Gasteiger partial charge in [0.2, 0.25) is 0 Å². The zero-order chi connectivity index (χ0) is 14.0. The summed E-state index contributed by atoms with van der Waals surface area (Å²) in [5, 5.41) is 5.42. The van der Waals surface area contributed by atoms with Crippen molar-refractivity contribution in [3.63, 3.8) is 0 Å². The van der Waals surface area contributed by atoms with Crippen LogP contribution in [0, 0.1) is 6.92 Å². The van der Waals surface area contributed by atoms with Crippen LogP contribution >= 0.6 is 39.1 Å². The van der Waals surface area contributed by atoms with Crippen molar-refractivity contribution in [2.45, 2.75) is 27.0 Å². The number of hydrogen-bond donors (Lipinski definition) is 0. The molecule has 0 spiro atoms. The molecule has 0 radical (unpaired) electrons. The molecule has 0 unspecified atom stereocenters. The molecule has 0 aliphatic heterocycles. The van der Waals surface area contributed by atoms with Gasteiger partial charge in [-0.3, -0.25) is 4.68 Å². The van der Waals surface area contributed by atoms with Crippen molar-refractivity contribution in [1.82, 2.24) is 9.78 Å². The summed E-state index contributed by atoms with van der Waals surface area (Å²) in [6.45, 7) is 5.12. The second kappa shape index (κ2) is 6.16. The highest BCUT2D eigenvalue weighted by Gasteiger charge is 2.14. The summed E-state index contributed by atoms with van der Waals surface area (Å²) in [6.07, 6.45) is 0. The topological polar surface area (TPSA) is 27.1 Å². The summed E-state index contributed by atoms with van der Waals surface area (Å²) in [5.74, 6) is 0.499. The lowest BCUT2D eigenvalue weighted by molar-refractivity contribution is 0.292. The molecule has 6 heteroatoms. The molecule has 1 heterocycles. The minimum absolute atomic E-state index is 0.360. The number of ether oxygens (including phenoxy) is 1. The molecule has 0 aliphatic carbocycles. The molecule has 3 nitrogen and oxygen atoms in total. The molecule has 0 saturated carbocycles. The van der Waals surface area contributed by atoms with Gasteiger partial charge < -0.3 is 4.74 Å². The first-order chi connectivity index (χ1) is 9.04. The monoisotopic (exact) mass is 362 g/mol. The first kappa shape index (κ1) is 14.7. The van der Waals surface area contributed by atoms with Crippen LogP contribution in [0.2, 0.25) is 10.0 Å². The molecular weight excluding hydrogens is 351 g/mol. The summed E-state index contributed by atoms with van der Waals surface area (Å²) >= 11 is 15.7. The van der Waals surface area contributed by atoms with Gasteiger partial charge in [-0.15, -0.1) is 0 Å². The summed E-state index contributed by atoms with van der Waals surface area (Å²) in [5.41, 5.74) is 1.90. The van der Waals surface area contributed by atoms with Crippen LogP contribution in [0.25, 0.3) is 0 Å². The molecular formula is C13H13BrCl2N2O. The Morgan fingerprint density at radius 2 is 1.95 bits per heavy atom. The van der Waals surface area contributed by atoms with Crippen LogP contribution in [0.1, 0.15) is 18.3 Å². The van der Waals surface area contributed by atoms with E-state index in [-0.39, 0.29) is 0 Å². The van der Waals surface area contributed by atoms with E-state index in [0.717, 1.165) is 22.4 Å². The minimum Gasteiger partial charge on any atom is -0.484 e. The van der Waals surface area contributed by atoms with Crippen molar-refractivity contribution in [2.24, 2.45) is 0 Å². The van der Waals surface area contributed by atoms with Gasteiger partial charge in [-0.05, 0) is 41.9 Å². The van der Waals surface area contributed by atoms with E-state index in [1.165, 1.54) is 0 Å². The Bertz CT molecular complexity index is 578. The second-order valence-electron chi connectivity index (χ2n) is 4.00. The van der Waals surface area contributed by atoms with Gasteiger partial charge in [0.05, 0.1) is 25.9 Å². The van der Waals surface area contributed by atoms with Gasteiger partial charge in [0.25, 0.3) is 0 Å². The average molecular weight is 364 g/mol. The molecule has 0 atom stereocenters.